The number of esters is 2. The van der Waals surface area contributed by atoms with Crippen molar-refractivity contribution < 1.29 is 47.8 Å². The number of β-lactam (4-membered cyclic amide) rings is 1. The number of likely N-dealkylation sites (tertiary alicyclic amines) is 1. The van der Waals surface area contributed by atoms with E-state index in [1.165, 1.54) is 29.2 Å². The number of β-amino-alcohol motifs (C(OH)–C–C–N with tert-alkyl or cyclic N) is 1. The summed E-state index contributed by atoms with van der Waals surface area (Å²) in [7, 11) is 0. The second kappa shape index (κ2) is 17.3. The minimum Gasteiger partial charge on any atom is -0.485 e. The van der Waals surface area contributed by atoms with Crippen molar-refractivity contribution in [3.05, 3.63) is 147 Å². The predicted molar refractivity (Wildman–Crippen MR) is 212 cm³/mol. The molecule has 4 aromatic rings. The first-order chi connectivity index (χ1) is 28.3. The quantitative estimate of drug-likeness (QED) is 0.0347. The largest absolute Gasteiger partial charge is 0.485 e. The number of amides is 1. The number of hydrogen-bond acceptors (Lipinski definition) is 11. The van der Waals surface area contributed by atoms with E-state index < -0.39 is 40.5 Å². The molecule has 5 atom stereocenters. The van der Waals surface area contributed by atoms with Crippen LogP contribution in [-0.2, 0) is 27.5 Å². The van der Waals surface area contributed by atoms with Crippen LogP contribution >= 0.6 is 0 Å². The molecule has 2 fully saturated rings. The Morgan fingerprint density at radius 2 is 1.51 bits per heavy atom. The molecule has 306 valence electrons. The molecule has 0 aromatic heterocycles. The number of Topliss-reactive ketones (excluding diaryl/α,β-unsaturated/α-hetero) is 1. The fourth-order valence-electron chi connectivity index (χ4n) is 8.27. The van der Waals surface area contributed by atoms with E-state index in [2.05, 4.69) is 0 Å². The Labute approximate surface area is 340 Å². The van der Waals surface area contributed by atoms with E-state index in [0.29, 0.717) is 5.57 Å². The molecular weight excluding hydrogens is 762 g/mol. The topological polar surface area (TPSA) is 166 Å². The van der Waals surface area contributed by atoms with E-state index in [0.717, 1.165) is 23.3 Å². The Morgan fingerprint density at radius 1 is 0.881 bits per heavy atom. The van der Waals surface area contributed by atoms with Crippen LogP contribution in [0.5, 0.6) is 11.5 Å². The standard InChI is InChI=1S/C45H44FN3O10/c1-26(2)38-40-27(3)34(41(48(40)43(38)52)45(54)59-44(53)30-14-16-32(17-15-30)49(55)56)22-47-21-31(36(51)23-47)20-35(50)33-18-19-37(57-24-28-10-6-4-7-11-28)42(39(33)46)58-25-29-12-8-5-9-13-29/h4-19,26-27,31,36,38,40,51H,20-25H2,1-3H3/t27-,31?,36-,38+,40+/m0/s1. The summed E-state index contributed by atoms with van der Waals surface area (Å²) < 4.78 is 33.5. The molecule has 0 saturated carbocycles. The van der Waals surface area contributed by atoms with E-state index in [-0.39, 0.29) is 103 Å². The number of carbonyl (C=O) groups is 4. The molecule has 1 unspecified atom stereocenters. The highest BCUT2D eigenvalue weighted by atomic mass is 19.1. The number of aliphatic hydroxyl groups excluding tert-OH is 1. The lowest BCUT2D eigenvalue weighted by atomic mass is 9.74. The summed E-state index contributed by atoms with van der Waals surface area (Å²) in [5, 5.41) is 22.3. The summed E-state index contributed by atoms with van der Waals surface area (Å²) in [6.07, 6.45) is -1.16. The number of ether oxygens (including phenoxy) is 3. The molecule has 7 rings (SSSR count). The van der Waals surface area contributed by atoms with Crippen LogP contribution < -0.4 is 9.47 Å². The van der Waals surface area contributed by atoms with Crippen LogP contribution in [0.3, 0.4) is 0 Å². The highest BCUT2D eigenvalue weighted by Gasteiger charge is 2.59. The Morgan fingerprint density at radius 3 is 2.12 bits per heavy atom. The average molecular weight is 806 g/mol. The van der Waals surface area contributed by atoms with Gasteiger partial charge in [-0.1, -0.05) is 81.4 Å². The SMILES string of the molecule is CC(C)[C@H]1C(=O)N2C(C(=O)OC(=O)c3ccc([N+](=O)[O-])cc3)=C(CN3CC(CC(=O)c4ccc(OCc5ccccc5)c(OCc5ccccc5)c4F)[C@@H](O)C3)[C@H](C)[C@H]12. The number of hydrogen-bond donors (Lipinski definition) is 1. The van der Waals surface area contributed by atoms with Gasteiger partial charge in [0.15, 0.2) is 23.1 Å². The zero-order valence-corrected chi connectivity index (χ0v) is 32.8. The van der Waals surface area contributed by atoms with Crippen molar-refractivity contribution in [2.75, 3.05) is 19.6 Å². The molecule has 3 aliphatic rings. The Bertz CT molecular complexity index is 2280. The molecule has 59 heavy (non-hydrogen) atoms. The monoisotopic (exact) mass is 805 g/mol. The number of nitro benzene ring substituents is 1. The summed E-state index contributed by atoms with van der Waals surface area (Å²) in [6.45, 7) is 6.40. The van der Waals surface area contributed by atoms with Gasteiger partial charge < -0.3 is 24.2 Å². The third kappa shape index (κ3) is 8.50. The number of carbonyl (C=O) groups excluding carboxylic acids is 4. The van der Waals surface area contributed by atoms with Gasteiger partial charge in [0.2, 0.25) is 5.91 Å². The minimum absolute atomic E-state index is 0.0253. The molecule has 4 aromatic carbocycles. The highest BCUT2D eigenvalue weighted by molar-refractivity contribution is 6.06. The van der Waals surface area contributed by atoms with Gasteiger partial charge in [-0.25, -0.2) is 14.0 Å². The van der Waals surface area contributed by atoms with Crippen LogP contribution in [0.4, 0.5) is 10.1 Å². The zero-order valence-electron chi connectivity index (χ0n) is 32.8. The second-order valence-corrected chi connectivity index (χ2v) is 15.6. The third-order valence-electron chi connectivity index (χ3n) is 11.4. The van der Waals surface area contributed by atoms with E-state index in [1.54, 1.807) is 0 Å². The van der Waals surface area contributed by atoms with Gasteiger partial charge in [-0.15, -0.1) is 0 Å². The van der Waals surface area contributed by atoms with Gasteiger partial charge in [-0.2, -0.15) is 0 Å². The molecular formula is C45H44FN3O10. The molecule has 14 heteroatoms. The molecule has 1 amide bonds. The van der Waals surface area contributed by atoms with Gasteiger partial charge >= 0.3 is 11.9 Å². The van der Waals surface area contributed by atoms with Gasteiger partial charge in [-0.3, -0.25) is 24.6 Å². The first kappa shape index (κ1) is 40.9. The summed E-state index contributed by atoms with van der Waals surface area (Å²) >= 11 is 0. The number of aliphatic hydroxyl groups is 1. The zero-order chi connectivity index (χ0) is 42.0. The van der Waals surface area contributed by atoms with Crippen molar-refractivity contribution in [3.8, 4) is 11.5 Å². The summed E-state index contributed by atoms with van der Waals surface area (Å²) in [5.41, 5.74) is 1.62. The van der Waals surface area contributed by atoms with Gasteiger partial charge in [0.1, 0.15) is 18.9 Å². The molecule has 0 bridgehead atoms. The summed E-state index contributed by atoms with van der Waals surface area (Å²) in [5.74, 6) is -5.09. The van der Waals surface area contributed by atoms with Gasteiger partial charge in [0, 0.05) is 50.0 Å². The summed E-state index contributed by atoms with van der Waals surface area (Å²) in [4.78, 5) is 67.6. The van der Waals surface area contributed by atoms with Crippen LogP contribution in [0.2, 0.25) is 0 Å². The summed E-state index contributed by atoms with van der Waals surface area (Å²) in [6, 6.07) is 25.7. The maximum Gasteiger partial charge on any atom is 0.362 e. The van der Waals surface area contributed by atoms with Crippen LogP contribution in [0, 0.1) is 39.6 Å². The molecule has 1 N–H and O–H groups in total. The Kier molecular flexibility index (Phi) is 12.0. The van der Waals surface area contributed by atoms with Crippen LogP contribution in [0.25, 0.3) is 0 Å². The Balaban J connectivity index is 1.07. The molecule has 13 nitrogen and oxygen atoms in total. The first-order valence-corrected chi connectivity index (χ1v) is 19.5. The van der Waals surface area contributed by atoms with Crippen LogP contribution in [0.1, 0.15) is 59.0 Å². The van der Waals surface area contributed by atoms with Crippen molar-refractivity contribution in [1.82, 2.24) is 9.80 Å². The number of nitro groups is 1. The van der Waals surface area contributed by atoms with Gasteiger partial charge in [-0.05, 0) is 46.9 Å². The number of non-ortho nitro benzene ring substituents is 1. The lowest BCUT2D eigenvalue weighted by molar-refractivity contribution is -0.384. The van der Waals surface area contributed by atoms with Crippen molar-refractivity contribution in [1.29, 1.82) is 0 Å². The van der Waals surface area contributed by atoms with E-state index in [9.17, 15) is 34.4 Å². The maximum absolute atomic E-state index is 16.3. The van der Waals surface area contributed by atoms with Crippen molar-refractivity contribution >= 4 is 29.3 Å². The number of benzene rings is 4. The van der Waals surface area contributed by atoms with Crippen molar-refractivity contribution in [3.63, 3.8) is 0 Å². The number of nitrogens with zero attached hydrogens (tertiary/aromatic N) is 3. The normalized spacial score (nSPS) is 21.3. The molecule has 3 aliphatic heterocycles. The van der Waals surface area contributed by atoms with Crippen molar-refractivity contribution in [2.24, 2.45) is 23.7 Å². The van der Waals surface area contributed by atoms with Gasteiger partial charge in [0.05, 0.1) is 34.1 Å². The van der Waals surface area contributed by atoms with E-state index in [4.69, 9.17) is 14.2 Å². The second-order valence-electron chi connectivity index (χ2n) is 15.6. The highest BCUT2D eigenvalue weighted by Crippen LogP contribution is 2.49. The molecule has 3 heterocycles. The molecule has 0 aliphatic carbocycles. The van der Waals surface area contributed by atoms with E-state index >= 15 is 4.39 Å². The number of ketones is 1. The van der Waals surface area contributed by atoms with Gasteiger partial charge in [0.25, 0.3) is 5.69 Å². The molecule has 0 spiro atoms. The third-order valence-corrected chi connectivity index (χ3v) is 11.4. The molecule has 0 radical (unpaired) electrons. The fraction of sp³-hybridized carbons (Fsp3) is 0.333. The van der Waals surface area contributed by atoms with E-state index in [1.807, 2.05) is 86.3 Å². The first-order valence-electron chi connectivity index (χ1n) is 19.5. The van der Waals surface area contributed by atoms with Crippen LogP contribution in [-0.4, -0.2) is 75.2 Å². The number of fused-ring (bicyclic) bond motifs is 1. The average Bonchev–Trinajstić information content (AvgIpc) is 3.69. The number of halogens is 1. The lowest BCUT2D eigenvalue weighted by Crippen LogP contribution is -2.62. The molecule has 2 saturated heterocycles. The van der Waals surface area contributed by atoms with Crippen LogP contribution in [0.15, 0.2) is 108 Å². The predicted octanol–water partition coefficient (Wildman–Crippen LogP) is 6.53. The Hall–Kier alpha value is -6.25. The maximum atomic E-state index is 16.3. The smallest absolute Gasteiger partial charge is 0.362 e. The fourth-order valence-corrected chi connectivity index (χ4v) is 8.27. The van der Waals surface area contributed by atoms with Crippen molar-refractivity contribution in [2.45, 2.75) is 52.6 Å². The lowest BCUT2D eigenvalue weighted by Gasteiger charge is -2.47. The minimum atomic E-state index is -1.03. The number of rotatable bonds is 15.